The molecule has 0 bridgehead atoms. The summed E-state index contributed by atoms with van der Waals surface area (Å²) in [6.45, 7) is 2.10. The summed E-state index contributed by atoms with van der Waals surface area (Å²) < 4.78 is 11.7. The van der Waals surface area contributed by atoms with Gasteiger partial charge in [-0.1, -0.05) is 97.9 Å². The highest BCUT2D eigenvalue weighted by atomic mass is 16.5. The van der Waals surface area contributed by atoms with Crippen LogP contribution in [0.3, 0.4) is 0 Å². The molecule has 37 heavy (non-hydrogen) atoms. The standard InChI is InChI=1S/C32H26N2O3/c1-2-21-13-15-24(16-14-21)30-26-18-17-25(19-28(26)37-31(34)27(30)20-33)36-32(35)29(22-9-5-3-6-10-22)23-11-7-4-8-12-23/h3-19,29-30H,2,34H2,1H3. The topological polar surface area (TPSA) is 85.3 Å². The van der Waals surface area contributed by atoms with Crippen molar-refractivity contribution < 1.29 is 14.3 Å². The minimum absolute atomic E-state index is 0.0505. The van der Waals surface area contributed by atoms with E-state index in [0.717, 1.165) is 28.7 Å². The smallest absolute Gasteiger partial charge is 0.323 e. The predicted octanol–water partition coefficient (Wildman–Crippen LogP) is 6.20. The molecule has 5 heteroatoms. The van der Waals surface area contributed by atoms with Gasteiger partial charge in [0.1, 0.15) is 29.1 Å². The van der Waals surface area contributed by atoms with E-state index >= 15 is 0 Å². The number of nitrogens with two attached hydrogens (primary N) is 1. The molecule has 0 radical (unpaired) electrons. The lowest BCUT2D eigenvalue weighted by molar-refractivity contribution is -0.135. The molecule has 1 atom stereocenters. The Labute approximate surface area is 216 Å². The van der Waals surface area contributed by atoms with Gasteiger partial charge in [-0.3, -0.25) is 4.79 Å². The largest absolute Gasteiger partial charge is 0.440 e. The SMILES string of the molecule is CCc1ccc(C2C(C#N)=C(N)Oc3cc(OC(=O)C(c4ccccc4)c4ccccc4)ccc32)cc1. The molecule has 0 aliphatic carbocycles. The summed E-state index contributed by atoms with van der Waals surface area (Å²) in [5.41, 5.74) is 11.1. The van der Waals surface area contributed by atoms with E-state index in [9.17, 15) is 10.1 Å². The normalized spacial score (nSPS) is 14.5. The first kappa shape index (κ1) is 23.9. The summed E-state index contributed by atoms with van der Waals surface area (Å²) >= 11 is 0. The summed E-state index contributed by atoms with van der Waals surface area (Å²) in [6.07, 6.45) is 0.926. The minimum atomic E-state index is -0.584. The van der Waals surface area contributed by atoms with Crippen molar-refractivity contribution in [2.24, 2.45) is 5.73 Å². The van der Waals surface area contributed by atoms with Crippen molar-refractivity contribution in [1.82, 2.24) is 0 Å². The van der Waals surface area contributed by atoms with Gasteiger partial charge >= 0.3 is 5.97 Å². The monoisotopic (exact) mass is 486 g/mol. The maximum Gasteiger partial charge on any atom is 0.323 e. The highest BCUT2D eigenvalue weighted by Crippen LogP contribution is 2.43. The van der Waals surface area contributed by atoms with E-state index < -0.39 is 11.9 Å². The minimum Gasteiger partial charge on any atom is -0.440 e. The molecule has 4 aromatic rings. The van der Waals surface area contributed by atoms with E-state index in [2.05, 4.69) is 25.1 Å². The number of rotatable bonds is 6. The first-order chi connectivity index (χ1) is 18.1. The Morgan fingerprint density at radius 3 is 2.14 bits per heavy atom. The summed E-state index contributed by atoms with van der Waals surface area (Å²) in [6, 6.07) is 34.7. The fourth-order valence-electron chi connectivity index (χ4n) is 4.72. The van der Waals surface area contributed by atoms with Crippen LogP contribution in [0.25, 0.3) is 0 Å². The van der Waals surface area contributed by atoms with E-state index in [1.165, 1.54) is 5.56 Å². The lowest BCUT2D eigenvalue weighted by Gasteiger charge is -2.27. The molecular weight excluding hydrogens is 460 g/mol. The van der Waals surface area contributed by atoms with Crippen LogP contribution in [0.5, 0.6) is 11.5 Å². The molecule has 0 saturated heterocycles. The molecular formula is C32H26N2O3. The predicted molar refractivity (Wildman–Crippen MR) is 142 cm³/mol. The maximum absolute atomic E-state index is 13.5. The Balaban J connectivity index is 1.48. The zero-order chi connectivity index (χ0) is 25.8. The zero-order valence-corrected chi connectivity index (χ0v) is 20.4. The van der Waals surface area contributed by atoms with Gasteiger partial charge in [0.2, 0.25) is 5.88 Å². The number of nitrogens with zero attached hydrogens (tertiary/aromatic N) is 1. The van der Waals surface area contributed by atoms with Crippen LogP contribution in [-0.2, 0) is 11.2 Å². The van der Waals surface area contributed by atoms with Crippen LogP contribution >= 0.6 is 0 Å². The first-order valence-electron chi connectivity index (χ1n) is 12.2. The lowest BCUT2D eigenvalue weighted by atomic mass is 9.83. The second-order valence-electron chi connectivity index (χ2n) is 8.90. The Morgan fingerprint density at radius 1 is 0.946 bits per heavy atom. The molecule has 4 aromatic carbocycles. The van der Waals surface area contributed by atoms with Gasteiger partial charge in [0.05, 0.1) is 5.92 Å². The number of esters is 1. The number of carbonyl (C=O) groups excluding carboxylic acids is 1. The molecule has 0 fully saturated rings. The van der Waals surface area contributed by atoms with Gasteiger partial charge in [-0.25, -0.2) is 0 Å². The third-order valence-corrected chi connectivity index (χ3v) is 6.63. The van der Waals surface area contributed by atoms with Crippen LogP contribution in [0.2, 0.25) is 0 Å². The van der Waals surface area contributed by atoms with Crippen molar-refractivity contribution in [3.8, 4) is 17.6 Å². The number of aryl methyl sites for hydroxylation is 1. The van der Waals surface area contributed by atoms with Crippen molar-refractivity contribution in [1.29, 1.82) is 5.26 Å². The molecule has 1 unspecified atom stereocenters. The highest BCUT2D eigenvalue weighted by Gasteiger charge is 2.31. The second-order valence-corrected chi connectivity index (χ2v) is 8.90. The van der Waals surface area contributed by atoms with E-state index in [4.69, 9.17) is 15.2 Å². The summed E-state index contributed by atoms with van der Waals surface area (Å²) in [4.78, 5) is 13.5. The summed E-state index contributed by atoms with van der Waals surface area (Å²) in [5, 5.41) is 9.83. The van der Waals surface area contributed by atoms with Gasteiger partial charge in [-0.15, -0.1) is 0 Å². The molecule has 0 amide bonds. The van der Waals surface area contributed by atoms with Crippen LogP contribution < -0.4 is 15.2 Å². The van der Waals surface area contributed by atoms with E-state index in [1.54, 1.807) is 12.1 Å². The van der Waals surface area contributed by atoms with E-state index in [-0.39, 0.29) is 11.8 Å². The fourth-order valence-corrected chi connectivity index (χ4v) is 4.72. The Kier molecular flexibility index (Phi) is 6.74. The van der Waals surface area contributed by atoms with Gasteiger partial charge < -0.3 is 15.2 Å². The third kappa shape index (κ3) is 4.82. The quantitative estimate of drug-likeness (QED) is 0.259. The van der Waals surface area contributed by atoms with Crippen molar-refractivity contribution in [3.05, 3.63) is 142 Å². The number of allylic oxidation sites excluding steroid dienone is 1. The highest BCUT2D eigenvalue weighted by molar-refractivity contribution is 5.84. The first-order valence-corrected chi connectivity index (χ1v) is 12.2. The average Bonchev–Trinajstić information content (AvgIpc) is 2.93. The van der Waals surface area contributed by atoms with Crippen molar-refractivity contribution in [3.63, 3.8) is 0 Å². The summed E-state index contributed by atoms with van der Waals surface area (Å²) in [7, 11) is 0. The molecule has 0 aromatic heterocycles. The summed E-state index contributed by atoms with van der Waals surface area (Å²) in [5.74, 6) is -0.503. The Morgan fingerprint density at radius 2 is 1.57 bits per heavy atom. The lowest BCUT2D eigenvalue weighted by Crippen LogP contribution is -2.22. The number of hydrogen-bond acceptors (Lipinski definition) is 5. The van der Waals surface area contributed by atoms with E-state index in [1.807, 2.05) is 78.9 Å². The number of benzene rings is 4. The van der Waals surface area contributed by atoms with Crippen LogP contribution in [-0.4, -0.2) is 5.97 Å². The molecule has 1 heterocycles. The molecule has 0 spiro atoms. The van der Waals surface area contributed by atoms with Gasteiger partial charge in [0.25, 0.3) is 0 Å². The average molecular weight is 487 g/mol. The Hall–Kier alpha value is -4.82. The van der Waals surface area contributed by atoms with Gasteiger partial charge in [0, 0.05) is 11.6 Å². The van der Waals surface area contributed by atoms with Gasteiger partial charge in [-0.2, -0.15) is 5.26 Å². The third-order valence-electron chi connectivity index (χ3n) is 6.63. The Bertz CT molecular complexity index is 1450. The van der Waals surface area contributed by atoms with Crippen LogP contribution in [0, 0.1) is 11.3 Å². The molecule has 1 aliphatic heterocycles. The van der Waals surface area contributed by atoms with Gasteiger partial charge in [0.15, 0.2) is 0 Å². The molecule has 5 rings (SSSR count). The van der Waals surface area contributed by atoms with Crippen LogP contribution in [0.1, 0.15) is 46.6 Å². The van der Waals surface area contributed by atoms with Crippen molar-refractivity contribution in [2.75, 3.05) is 0 Å². The number of fused-ring (bicyclic) bond motifs is 1. The zero-order valence-electron chi connectivity index (χ0n) is 20.4. The number of nitriles is 1. The second kappa shape index (κ2) is 10.4. The molecule has 1 aliphatic rings. The number of ether oxygens (including phenoxy) is 2. The van der Waals surface area contributed by atoms with Crippen LogP contribution in [0.15, 0.2) is 115 Å². The van der Waals surface area contributed by atoms with E-state index in [0.29, 0.717) is 17.1 Å². The molecule has 0 saturated carbocycles. The number of hydrogen-bond donors (Lipinski definition) is 1. The van der Waals surface area contributed by atoms with Gasteiger partial charge in [-0.05, 0) is 34.7 Å². The number of carbonyl (C=O) groups is 1. The van der Waals surface area contributed by atoms with Crippen LogP contribution in [0.4, 0.5) is 0 Å². The van der Waals surface area contributed by atoms with Crippen molar-refractivity contribution >= 4 is 5.97 Å². The maximum atomic E-state index is 13.5. The fraction of sp³-hybridized carbons (Fsp3) is 0.125. The van der Waals surface area contributed by atoms with Crippen molar-refractivity contribution in [2.45, 2.75) is 25.2 Å². The molecule has 182 valence electrons. The molecule has 5 nitrogen and oxygen atoms in total. The molecule has 2 N–H and O–H groups in total.